The molecule has 0 saturated heterocycles. The van der Waals surface area contributed by atoms with Gasteiger partial charge in [0.1, 0.15) is 0 Å². The summed E-state index contributed by atoms with van der Waals surface area (Å²) in [7, 11) is 0. The van der Waals surface area contributed by atoms with Gasteiger partial charge in [-0.15, -0.1) is 0 Å². The fraction of sp³-hybridized carbons (Fsp3) is 0. The minimum absolute atomic E-state index is 2.94. The molecular weight excluding hydrogens is 706 g/mol. The third-order valence-corrected chi connectivity index (χ3v) is 6.30. The Kier molecular flexibility index (Phi) is 9.27. The van der Waals surface area contributed by atoms with Crippen molar-refractivity contribution in [1.82, 2.24) is 0 Å². The average molecular weight is 706 g/mol. The molecule has 0 aliphatic heterocycles. The van der Waals surface area contributed by atoms with Crippen LogP contribution in [0.5, 0.6) is 0 Å². The zero-order valence-corrected chi connectivity index (χ0v) is 21.1. The summed E-state index contributed by atoms with van der Waals surface area (Å²) in [5, 5.41) is 0. The molecule has 0 unspecified atom stereocenters. The first-order chi connectivity index (χ1) is 21.7. The van der Waals surface area contributed by atoms with E-state index in [-0.39, 0.29) is 0 Å². The van der Waals surface area contributed by atoms with Crippen molar-refractivity contribution >= 4 is 35.7 Å². The van der Waals surface area contributed by atoms with Crippen LogP contribution >= 0.6 is 0 Å². The van der Waals surface area contributed by atoms with Crippen LogP contribution in [0.4, 0.5) is 87.8 Å². The van der Waals surface area contributed by atoms with Gasteiger partial charge in [-0.3, -0.25) is 0 Å². The standard InChI is InChI=1S/C24B2F20O/c27-5-1(6(28)14(36)21(43)13(5)35)25(2-7(29)15(37)22(44)16(38)8(2)30)47-26(3-9(31)17(39)23(45)18(40)10(3)32)4-11(33)19(41)24(46)20(42)12(4)34. The second-order valence-corrected chi connectivity index (χ2v) is 8.83. The maximum absolute atomic E-state index is 14.9. The Bertz CT molecular complexity index is 1600. The number of rotatable bonds is 6. The van der Waals surface area contributed by atoms with Gasteiger partial charge in [-0.05, 0) is 0 Å². The molecule has 1 nitrogen and oxygen atoms in total. The summed E-state index contributed by atoms with van der Waals surface area (Å²) in [6.07, 6.45) is 0. The summed E-state index contributed by atoms with van der Waals surface area (Å²) in [5.74, 6) is -64.4. The van der Waals surface area contributed by atoms with E-state index in [1.165, 1.54) is 0 Å². The van der Waals surface area contributed by atoms with Gasteiger partial charge in [-0.1, -0.05) is 0 Å². The largest absolute Gasteiger partial charge is 0.483 e. The highest BCUT2D eigenvalue weighted by atomic mass is 19.2. The van der Waals surface area contributed by atoms with Gasteiger partial charge in [-0.2, -0.15) is 0 Å². The van der Waals surface area contributed by atoms with Crippen molar-refractivity contribution in [3.05, 3.63) is 116 Å². The molecule has 0 atom stereocenters. The highest BCUT2D eigenvalue weighted by Crippen LogP contribution is 2.25. The highest BCUT2D eigenvalue weighted by molar-refractivity contribution is 6.92. The normalized spacial score (nSPS) is 11.5. The van der Waals surface area contributed by atoms with E-state index < -0.39 is 152 Å². The van der Waals surface area contributed by atoms with Crippen molar-refractivity contribution in [3.8, 4) is 0 Å². The molecule has 4 aromatic rings. The van der Waals surface area contributed by atoms with Crippen molar-refractivity contribution < 1.29 is 92.4 Å². The third-order valence-electron chi connectivity index (χ3n) is 6.30. The maximum atomic E-state index is 14.9. The van der Waals surface area contributed by atoms with Gasteiger partial charge < -0.3 is 4.57 Å². The van der Waals surface area contributed by atoms with Crippen LogP contribution < -0.4 is 21.9 Å². The van der Waals surface area contributed by atoms with Crippen LogP contribution in [-0.2, 0) is 4.57 Å². The fourth-order valence-electron chi connectivity index (χ4n) is 4.11. The van der Waals surface area contributed by atoms with Crippen LogP contribution in [0.3, 0.4) is 0 Å². The van der Waals surface area contributed by atoms with E-state index in [0.29, 0.717) is 0 Å². The van der Waals surface area contributed by atoms with Gasteiger partial charge in [0.25, 0.3) is 0 Å². The van der Waals surface area contributed by atoms with E-state index in [0.717, 1.165) is 0 Å². The van der Waals surface area contributed by atoms with Gasteiger partial charge in [0, 0.05) is 21.9 Å². The molecule has 0 aromatic heterocycles. The Morgan fingerprint density at radius 2 is 0.298 bits per heavy atom. The number of halogens is 20. The van der Waals surface area contributed by atoms with Crippen LogP contribution in [-0.4, -0.2) is 13.8 Å². The van der Waals surface area contributed by atoms with Gasteiger partial charge in [0.2, 0.25) is 0 Å². The smallest absolute Gasteiger partial charge is 0.359 e. The molecular formula is C24B2F20O. The van der Waals surface area contributed by atoms with E-state index in [2.05, 4.69) is 4.57 Å². The molecule has 4 aromatic carbocycles. The van der Waals surface area contributed by atoms with E-state index in [4.69, 9.17) is 0 Å². The van der Waals surface area contributed by atoms with Crippen molar-refractivity contribution in [2.75, 3.05) is 0 Å². The minimum atomic E-state index is -4.38. The first kappa shape index (κ1) is 35.4. The zero-order chi connectivity index (χ0) is 35.7. The van der Waals surface area contributed by atoms with Crippen molar-refractivity contribution in [2.45, 2.75) is 0 Å². The number of hydrogen-bond acceptors (Lipinski definition) is 1. The van der Waals surface area contributed by atoms with Crippen LogP contribution in [0.2, 0.25) is 0 Å². The Hall–Kier alpha value is -4.43. The summed E-state index contributed by atoms with van der Waals surface area (Å²) >= 11 is 0. The average Bonchev–Trinajstić information content (AvgIpc) is 3.04. The van der Waals surface area contributed by atoms with Gasteiger partial charge >= 0.3 is 13.8 Å². The Morgan fingerprint density at radius 1 is 0.191 bits per heavy atom. The molecule has 47 heavy (non-hydrogen) atoms. The van der Waals surface area contributed by atoms with Crippen LogP contribution in [0.25, 0.3) is 0 Å². The fourth-order valence-corrected chi connectivity index (χ4v) is 4.11. The first-order valence-corrected chi connectivity index (χ1v) is 11.4. The van der Waals surface area contributed by atoms with E-state index >= 15 is 0 Å². The molecule has 4 rings (SSSR count). The zero-order valence-electron chi connectivity index (χ0n) is 21.1. The summed E-state index contributed by atoms with van der Waals surface area (Å²) in [5.41, 5.74) is -11.8. The lowest BCUT2D eigenvalue weighted by Gasteiger charge is -2.25. The molecule has 0 bridgehead atoms. The molecule has 0 saturated carbocycles. The molecule has 0 aliphatic carbocycles. The molecule has 23 heteroatoms. The molecule has 0 N–H and O–H groups in total. The van der Waals surface area contributed by atoms with Crippen molar-refractivity contribution in [3.63, 3.8) is 0 Å². The van der Waals surface area contributed by atoms with Crippen LogP contribution in [0, 0.1) is 116 Å². The summed E-state index contributed by atoms with van der Waals surface area (Å²) in [6.45, 7) is -8.75. The quantitative estimate of drug-likeness (QED) is 0.113. The van der Waals surface area contributed by atoms with Crippen molar-refractivity contribution in [1.29, 1.82) is 0 Å². The Morgan fingerprint density at radius 3 is 0.426 bits per heavy atom. The molecule has 0 spiro atoms. The second-order valence-electron chi connectivity index (χ2n) is 8.83. The summed E-state index contributed by atoms with van der Waals surface area (Å²) in [4.78, 5) is 0. The lowest BCUT2D eigenvalue weighted by molar-refractivity contribution is 0.377. The Balaban J connectivity index is 2.28. The molecule has 0 amide bonds. The van der Waals surface area contributed by atoms with Crippen molar-refractivity contribution in [2.24, 2.45) is 0 Å². The van der Waals surface area contributed by atoms with Gasteiger partial charge in [0.15, 0.2) is 116 Å². The van der Waals surface area contributed by atoms with Crippen LogP contribution in [0.1, 0.15) is 0 Å². The number of hydrogen-bond donors (Lipinski definition) is 0. The molecule has 0 fully saturated rings. The lowest BCUT2D eigenvalue weighted by Crippen LogP contribution is -2.62. The Labute approximate surface area is 245 Å². The lowest BCUT2D eigenvalue weighted by atomic mass is 9.46. The maximum Gasteiger partial charge on any atom is 0.359 e. The monoisotopic (exact) mass is 706 g/mol. The van der Waals surface area contributed by atoms with E-state index in [1.54, 1.807) is 0 Å². The molecule has 248 valence electrons. The molecule has 0 radical (unpaired) electrons. The summed E-state index contributed by atoms with van der Waals surface area (Å²) in [6, 6.07) is 0. The predicted molar refractivity (Wildman–Crippen MR) is 116 cm³/mol. The summed E-state index contributed by atoms with van der Waals surface area (Å²) < 4.78 is 291. The molecule has 0 heterocycles. The van der Waals surface area contributed by atoms with Crippen LogP contribution in [0.15, 0.2) is 0 Å². The minimum Gasteiger partial charge on any atom is -0.483 e. The topological polar surface area (TPSA) is 9.23 Å². The second kappa shape index (κ2) is 12.3. The predicted octanol–water partition coefficient (Wildman–Crippen LogP) is 5.40. The highest BCUT2D eigenvalue weighted by Gasteiger charge is 2.48. The number of benzene rings is 4. The molecule has 0 aliphatic rings. The van der Waals surface area contributed by atoms with Gasteiger partial charge in [0.05, 0.1) is 0 Å². The SMILES string of the molecule is Fc1c(F)c(F)c(B(OB(c2c(F)c(F)c(F)c(F)c2F)c2c(F)c(F)c(F)c(F)c2F)c2c(F)c(F)c(F)c(F)c2F)c(F)c1F. The first-order valence-electron chi connectivity index (χ1n) is 11.4. The third kappa shape index (κ3) is 5.23. The van der Waals surface area contributed by atoms with E-state index in [1.807, 2.05) is 0 Å². The van der Waals surface area contributed by atoms with Gasteiger partial charge in [-0.25, -0.2) is 87.8 Å². The van der Waals surface area contributed by atoms with E-state index in [9.17, 15) is 87.8 Å².